The third-order valence-electron chi connectivity index (χ3n) is 4.62. The van der Waals surface area contributed by atoms with Crippen LogP contribution in [0.25, 0.3) is 10.9 Å². The van der Waals surface area contributed by atoms with E-state index in [1.54, 1.807) is 18.9 Å². The standard InChI is InChI=1S/C19H24N2O2S/c1-13-10-15-11-16(23-3)7-8-17(15)20-19(13)24-12-18(22)21-9-5-4-6-14(21)2/h7-8,10-11,14H,4-6,9,12H2,1-3H3. The summed E-state index contributed by atoms with van der Waals surface area (Å²) >= 11 is 1.54. The Labute approximate surface area is 147 Å². The number of fused-ring (bicyclic) bond motifs is 1. The number of aromatic nitrogens is 1. The zero-order chi connectivity index (χ0) is 17.1. The number of amides is 1. The van der Waals surface area contributed by atoms with Crippen molar-refractivity contribution >= 4 is 28.6 Å². The number of thioether (sulfide) groups is 1. The predicted molar refractivity (Wildman–Crippen MR) is 98.8 cm³/mol. The Hall–Kier alpha value is -1.75. The molecule has 1 unspecified atom stereocenters. The molecule has 1 aromatic heterocycles. The molecule has 0 radical (unpaired) electrons. The van der Waals surface area contributed by atoms with E-state index in [9.17, 15) is 4.79 Å². The van der Waals surface area contributed by atoms with Crippen LogP contribution < -0.4 is 4.74 Å². The maximum absolute atomic E-state index is 12.5. The third kappa shape index (κ3) is 3.66. The van der Waals surface area contributed by atoms with Gasteiger partial charge in [0.2, 0.25) is 5.91 Å². The van der Waals surface area contributed by atoms with Crippen molar-refractivity contribution in [2.75, 3.05) is 19.4 Å². The van der Waals surface area contributed by atoms with Crippen molar-refractivity contribution in [3.05, 3.63) is 29.8 Å². The molecule has 1 fully saturated rings. The summed E-state index contributed by atoms with van der Waals surface area (Å²) in [7, 11) is 1.67. The Bertz CT molecular complexity index is 747. The SMILES string of the molecule is COc1ccc2nc(SCC(=O)N3CCCCC3C)c(C)cc2c1. The van der Waals surface area contributed by atoms with Crippen molar-refractivity contribution in [1.82, 2.24) is 9.88 Å². The number of aryl methyl sites for hydroxylation is 1. The summed E-state index contributed by atoms with van der Waals surface area (Å²) in [5, 5.41) is 2.00. The Morgan fingerprint density at radius 1 is 1.38 bits per heavy atom. The number of hydrogen-bond acceptors (Lipinski definition) is 4. The average molecular weight is 344 g/mol. The number of methoxy groups -OCH3 is 1. The van der Waals surface area contributed by atoms with Crippen LogP contribution in [0.1, 0.15) is 31.7 Å². The number of likely N-dealkylation sites (tertiary alicyclic amines) is 1. The van der Waals surface area contributed by atoms with Gasteiger partial charge in [-0.2, -0.15) is 0 Å². The van der Waals surface area contributed by atoms with Gasteiger partial charge in [-0.1, -0.05) is 11.8 Å². The summed E-state index contributed by atoms with van der Waals surface area (Å²) in [5.41, 5.74) is 2.03. The van der Waals surface area contributed by atoms with E-state index >= 15 is 0 Å². The number of piperidine rings is 1. The second kappa shape index (κ2) is 7.43. The number of rotatable bonds is 4. The summed E-state index contributed by atoms with van der Waals surface area (Å²) in [6.45, 7) is 5.08. The smallest absolute Gasteiger partial charge is 0.233 e. The topological polar surface area (TPSA) is 42.4 Å². The zero-order valence-corrected chi connectivity index (χ0v) is 15.4. The first-order chi connectivity index (χ1) is 11.6. The fourth-order valence-electron chi connectivity index (χ4n) is 3.20. The Kier molecular flexibility index (Phi) is 5.29. The van der Waals surface area contributed by atoms with E-state index in [2.05, 4.69) is 13.0 Å². The lowest BCUT2D eigenvalue weighted by molar-refractivity contribution is -0.131. The molecule has 1 aliphatic heterocycles. The van der Waals surface area contributed by atoms with Crippen LogP contribution in [-0.2, 0) is 4.79 Å². The minimum atomic E-state index is 0.225. The van der Waals surface area contributed by atoms with E-state index in [0.29, 0.717) is 11.8 Å². The van der Waals surface area contributed by atoms with Crippen LogP contribution in [0, 0.1) is 6.92 Å². The summed E-state index contributed by atoms with van der Waals surface area (Å²) in [5.74, 6) is 1.52. The van der Waals surface area contributed by atoms with Gasteiger partial charge in [-0.3, -0.25) is 4.79 Å². The normalized spacial score (nSPS) is 18.0. The van der Waals surface area contributed by atoms with Crippen LogP contribution in [0.5, 0.6) is 5.75 Å². The molecular weight excluding hydrogens is 320 g/mol. The molecule has 2 heterocycles. The molecule has 3 rings (SSSR count). The Morgan fingerprint density at radius 3 is 2.96 bits per heavy atom. The largest absolute Gasteiger partial charge is 0.497 e. The highest BCUT2D eigenvalue weighted by molar-refractivity contribution is 7.99. The molecular formula is C19H24N2O2S. The molecule has 1 aromatic carbocycles. The predicted octanol–water partition coefficient (Wildman–Crippen LogP) is 4.04. The molecule has 0 spiro atoms. The van der Waals surface area contributed by atoms with Crippen LogP contribution in [0.2, 0.25) is 0 Å². The van der Waals surface area contributed by atoms with E-state index in [1.165, 1.54) is 6.42 Å². The molecule has 1 aliphatic rings. The van der Waals surface area contributed by atoms with Gasteiger partial charge in [0.25, 0.3) is 0 Å². The molecule has 4 nitrogen and oxygen atoms in total. The second-order valence-corrected chi connectivity index (χ2v) is 7.35. The highest BCUT2D eigenvalue weighted by Crippen LogP contribution is 2.27. The van der Waals surface area contributed by atoms with Gasteiger partial charge >= 0.3 is 0 Å². The lowest BCUT2D eigenvalue weighted by Crippen LogP contribution is -2.42. The van der Waals surface area contributed by atoms with Crippen LogP contribution in [-0.4, -0.2) is 41.2 Å². The van der Waals surface area contributed by atoms with Gasteiger partial charge in [-0.05, 0) is 62.9 Å². The van der Waals surface area contributed by atoms with E-state index in [-0.39, 0.29) is 5.91 Å². The van der Waals surface area contributed by atoms with Crippen molar-refractivity contribution in [3.8, 4) is 5.75 Å². The molecule has 5 heteroatoms. The quantitative estimate of drug-likeness (QED) is 0.785. The summed E-state index contributed by atoms with van der Waals surface area (Å²) in [4.78, 5) is 19.2. The number of ether oxygens (including phenoxy) is 1. The van der Waals surface area contributed by atoms with Crippen molar-refractivity contribution in [1.29, 1.82) is 0 Å². The number of carbonyl (C=O) groups excluding carboxylic acids is 1. The van der Waals surface area contributed by atoms with Gasteiger partial charge < -0.3 is 9.64 Å². The minimum absolute atomic E-state index is 0.225. The van der Waals surface area contributed by atoms with Gasteiger partial charge in [0.05, 0.1) is 18.4 Å². The van der Waals surface area contributed by atoms with E-state index in [0.717, 1.165) is 46.6 Å². The van der Waals surface area contributed by atoms with E-state index < -0.39 is 0 Å². The molecule has 2 aromatic rings. The van der Waals surface area contributed by atoms with Gasteiger partial charge in [0, 0.05) is 18.0 Å². The number of carbonyl (C=O) groups is 1. The zero-order valence-electron chi connectivity index (χ0n) is 14.5. The van der Waals surface area contributed by atoms with Gasteiger partial charge in [-0.15, -0.1) is 0 Å². The summed E-state index contributed by atoms with van der Waals surface area (Å²) in [6.07, 6.45) is 3.47. The first-order valence-electron chi connectivity index (χ1n) is 8.46. The van der Waals surface area contributed by atoms with Crippen molar-refractivity contribution in [2.45, 2.75) is 44.2 Å². The number of nitrogens with zero attached hydrogens (tertiary/aromatic N) is 2. The van der Waals surface area contributed by atoms with Gasteiger partial charge in [-0.25, -0.2) is 4.98 Å². The maximum Gasteiger partial charge on any atom is 0.233 e. The van der Waals surface area contributed by atoms with E-state index in [4.69, 9.17) is 9.72 Å². The molecule has 0 saturated carbocycles. The number of benzene rings is 1. The molecule has 0 N–H and O–H groups in total. The fraction of sp³-hybridized carbons (Fsp3) is 0.474. The van der Waals surface area contributed by atoms with Crippen molar-refractivity contribution in [2.24, 2.45) is 0 Å². The highest BCUT2D eigenvalue weighted by atomic mass is 32.2. The fourth-order valence-corrected chi connectivity index (χ4v) is 4.07. The molecule has 24 heavy (non-hydrogen) atoms. The average Bonchev–Trinajstić information content (AvgIpc) is 2.59. The molecule has 0 aliphatic carbocycles. The molecule has 128 valence electrons. The Morgan fingerprint density at radius 2 is 2.21 bits per heavy atom. The van der Waals surface area contributed by atoms with Crippen molar-refractivity contribution in [3.63, 3.8) is 0 Å². The lowest BCUT2D eigenvalue weighted by atomic mass is 10.0. The van der Waals surface area contributed by atoms with Crippen molar-refractivity contribution < 1.29 is 9.53 Å². The Balaban J connectivity index is 1.72. The van der Waals surface area contributed by atoms with Gasteiger partial charge in [0.1, 0.15) is 10.8 Å². The molecule has 1 atom stereocenters. The summed E-state index contributed by atoms with van der Waals surface area (Å²) < 4.78 is 5.27. The second-order valence-electron chi connectivity index (χ2n) is 6.39. The van der Waals surface area contributed by atoms with Gasteiger partial charge in [0.15, 0.2) is 0 Å². The lowest BCUT2D eigenvalue weighted by Gasteiger charge is -2.33. The first-order valence-corrected chi connectivity index (χ1v) is 9.44. The third-order valence-corrected chi connectivity index (χ3v) is 5.70. The van der Waals surface area contributed by atoms with Crippen LogP contribution in [0.4, 0.5) is 0 Å². The molecule has 0 bridgehead atoms. The number of hydrogen-bond donors (Lipinski definition) is 0. The molecule has 1 amide bonds. The van der Waals surface area contributed by atoms with E-state index in [1.807, 2.05) is 30.0 Å². The molecule has 1 saturated heterocycles. The monoisotopic (exact) mass is 344 g/mol. The van der Waals surface area contributed by atoms with Crippen LogP contribution in [0.3, 0.4) is 0 Å². The maximum atomic E-state index is 12.5. The minimum Gasteiger partial charge on any atom is -0.497 e. The van der Waals surface area contributed by atoms with Crippen LogP contribution in [0.15, 0.2) is 29.3 Å². The summed E-state index contributed by atoms with van der Waals surface area (Å²) in [6, 6.07) is 8.35. The van der Waals surface area contributed by atoms with Crippen LogP contribution >= 0.6 is 11.8 Å². The highest BCUT2D eigenvalue weighted by Gasteiger charge is 2.23. The number of pyridine rings is 1. The first kappa shape index (κ1) is 17.1.